The van der Waals surface area contributed by atoms with Crippen LogP contribution in [-0.2, 0) is 10.9 Å². The van der Waals surface area contributed by atoms with Crippen molar-refractivity contribution in [2.75, 3.05) is 48.4 Å². The summed E-state index contributed by atoms with van der Waals surface area (Å²) in [4.78, 5) is 28.3. The number of nitrogens with one attached hydrogen (secondary N) is 2. The maximum Gasteiger partial charge on any atom is 0.416 e. The number of anilines is 3. The van der Waals surface area contributed by atoms with Crippen LogP contribution in [0.15, 0.2) is 42.6 Å². The number of alkyl halides is 3. The lowest BCUT2D eigenvalue weighted by atomic mass is 10.1. The predicted octanol–water partition coefficient (Wildman–Crippen LogP) is 3.75. The first-order valence-electron chi connectivity index (χ1n) is 11.7. The molecule has 1 saturated heterocycles. The molecule has 0 aliphatic carbocycles. The Kier molecular flexibility index (Phi) is 7.89. The van der Waals surface area contributed by atoms with Gasteiger partial charge >= 0.3 is 6.18 Å². The van der Waals surface area contributed by atoms with Gasteiger partial charge in [0.25, 0.3) is 5.91 Å². The average molecular weight is 517 g/mol. The number of rotatable bonds is 7. The minimum Gasteiger partial charge on any atom is -0.394 e. The molecule has 1 atom stereocenters. The van der Waals surface area contributed by atoms with Crippen molar-refractivity contribution in [3.8, 4) is 11.3 Å². The monoisotopic (exact) mass is 516 g/mol. The van der Waals surface area contributed by atoms with Crippen molar-refractivity contribution in [1.29, 1.82) is 0 Å². The first kappa shape index (κ1) is 26.3. The first-order valence-corrected chi connectivity index (χ1v) is 11.7. The second-order valence-corrected chi connectivity index (χ2v) is 8.65. The van der Waals surface area contributed by atoms with Crippen molar-refractivity contribution < 1.29 is 27.8 Å². The Morgan fingerprint density at radius 3 is 2.65 bits per heavy atom. The highest BCUT2D eigenvalue weighted by atomic mass is 19.4. The predicted molar refractivity (Wildman–Crippen MR) is 133 cm³/mol. The lowest BCUT2D eigenvalue weighted by Crippen LogP contribution is -2.37. The van der Waals surface area contributed by atoms with Gasteiger partial charge in [0.2, 0.25) is 5.95 Å². The van der Waals surface area contributed by atoms with Crippen LogP contribution < -0.4 is 15.5 Å². The van der Waals surface area contributed by atoms with E-state index in [2.05, 4.69) is 30.5 Å². The van der Waals surface area contributed by atoms with Gasteiger partial charge in [-0.15, -0.1) is 0 Å². The van der Waals surface area contributed by atoms with Crippen LogP contribution in [0.3, 0.4) is 0 Å². The van der Waals surface area contributed by atoms with Crippen molar-refractivity contribution in [3.05, 3.63) is 59.4 Å². The maximum atomic E-state index is 13.1. The van der Waals surface area contributed by atoms with Gasteiger partial charge in [-0.05, 0) is 38.1 Å². The number of aryl methyl sites for hydroxylation is 1. The number of aliphatic hydroxyl groups is 1. The van der Waals surface area contributed by atoms with Crippen LogP contribution in [0.4, 0.5) is 30.6 Å². The van der Waals surface area contributed by atoms with Gasteiger partial charge in [0.05, 0.1) is 43.0 Å². The molecule has 3 N–H and O–H groups in total. The lowest BCUT2D eigenvalue weighted by Gasteiger charge is -2.28. The van der Waals surface area contributed by atoms with Gasteiger partial charge < -0.3 is 25.4 Å². The second-order valence-electron chi connectivity index (χ2n) is 8.65. The molecule has 0 radical (unpaired) electrons. The molecule has 196 valence electrons. The number of nitrogens with zero attached hydrogens (tertiary/aromatic N) is 4. The van der Waals surface area contributed by atoms with Crippen molar-refractivity contribution >= 4 is 23.4 Å². The van der Waals surface area contributed by atoms with Gasteiger partial charge in [-0.1, -0.05) is 6.07 Å². The molecule has 3 aromatic rings. The molecule has 0 bridgehead atoms. The van der Waals surface area contributed by atoms with Crippen molar-refractivity contribution in [1.82, 2.24) is 15.0 Å². The Morgan fingerprint density at radius 2 is 1.95 bits per heavy atom. The van der Waals surface area contributed by atoms with Gasteiger partial charge in [-0.2, -0.15) is 18.2 Å². The Hall–Kier alpha value is -3.77. The molecule has 37 heavy (non-hydrogen) atoms. The molecule has 9 nitrogen and oxygen atoms in total. The minimum absolute atomic E-state index is 0.113. The summed E-state index contributed by atoms with van der Waals surface area (Å²) in [7, 11) is 0. The van der Waals surface area contributed by atoms with Crippen LogP contribution in [0, 0.1) is 6.92 Å². The van der Waals surface area contributed by atoms with E-state index in [-0.39, 0.29) is 18.2 Å². The highest BCUT2D eigenvalue weighted by Gasteiger charge is 2.31. The molecule has 4 rings (SSSR count). The van der Waals surface area contributed by atoms with Crippen molar-refractivity contribution in [3.63, 3.8) is 0 Å². The third kappa shape index (κ3) is 6.52. The van der Waals surface area contributed by atoms with E-state index in [4.69, 9.17) is 4.74 Å². The number of carbonyl (C=O) groups is 1. The second kappa shape index (κ2) is 11.1. The third-order valence-electron chi connectivity index (χ3n) is 5.77. The molecule has 1 unspecified atom stereocenters. The highest BCUT2D eigenvalue weighted by Crippen LogP contribution is 2.31. The van der Waals surface area contributed by atoms with Gasteiger partial charge in [-0.3, -0.25) is 9.78 Å². The van der Waals surface area contributed by atoms with Crippen LogP contribution >= 0.6 is 0 Å². The number of amides is 1. The number of aliphatic hydroxyl groups excluding tert-OH is 1. The fourth-order valence-electron chi connectivity index (χ4n) is 3.76. The topological polar surface area (TPSA) is 113 Å². The lowest BCUT2D eigenvalue weighted by molar-refractivity contribution is -0.137. The molecular weight excluding hydrogens is 489 g/mol. The number of carbonyl (C=O) groups excluding carboxylic acids is 1. The van der Waals surface area contributed by atoms with Crippen molar-refractivity contribution in [2.45, 2.75) is 26.1 Å². The quantitative estimate of drug-likeness (QED) is 0.435. The summed E-state index contributed by atoms with van der Waals surface area (Å²) in [6, 6.07) is 7.40. The summed E-state index contributed by atoms with van der Waals surface area (Å²) in [5.41, 5.74) is 1.04. The minimum atomic E-state index is -4.56. The van der Waals surface area contributed by atoms with E-state index in [1.165, 1.54) is 18.3 Å². The summed E-state index contributed by atoms with van der Waals surface area (Å²) >= 11 is 0. The summed E-state index contributed by atoms with van der Waals surface area (Å²) in [6.45, 7) is 5.89. The summed E-state index contributed by atoms with van der Waals surface area (Å²) in [6.07, 6.45) is -3.12. The zero-order chi connectivity index (χ0) is 26.6. The van der Waals surface area contributed by atoms with Gasteiger partial charge in [0, 0.05) is 42.0 Å². The molecule has 1 amide bonds. The van der Waals surface area contributed by atoms with Crippen LogP contribution in [0.2, 0.25) is 0 Å². The van der Waals surface area contributed by atoms with Crippen LogP contribution in [-0.4, -0.2) is 64.9 Å². The third-order valence-corrected chi connectivity index (χ3v) is 5.77. The highest BCUT2D eigenvalue weighted by molar-refractivity contribution is 6.04. The number of hydrogen-bond donors (Lipinski definition) is 3. The van der Waals surface area contributed by atoms with Crippen LogP contribution in [0.1, 0.15) is 28.5 Å². The fourth-order valence-corrected chi connectivity index (χ4v) is 3.76. The molecular formula is C25H27F3N6O3. The van der Waals surface area contributed by atoms with Gasteiger partial charge in [0.1, 0.15) is 5.82 Å². The number of aromatic nitrogens is 3. The van der Waals surface area contributed by atoms with Crippen molar-refractivity contribution in [2.24, 2.45) is 0 Å². The van der Waals surface area contributed by atoms with E-state index in [1.807, 2.05) is 6.07 Å². The number of hydrogen-bond acceptors (Lipinski definition) is 8. The van der Waals surface area contributed by atoms with E-state index in [1.54, 1.807) is 19.9 Å². The maximum absolute atomic E-state index is 13.1. The Labute approximate surface area is 211 Å². The smallest absolute Gasteiger partial charge is 0.394 e. The zero-order valence-electron chi connectivity index (χ0n) is 20.3. The first-order chi connectivity index (χ1) is 17.6. The number of morpholine rings is 1. The summed E-state index contributed by atoms with van der Waals surface area (Å²) in [5, 5.41) is 15.2. The van der Waals surface area contributed by atoms with E-state index >= 15 is 0 Å². The molecule has 0 spiro atoms. The van der Waals surface area contributed by atoms with E-state index < -0.39 is 17.6 Å². The number of pyridine rings is 1. The standard InChI is InChI=1S/C25H27F3N6O3/c1-15(14-35)30-24-32-21(12-22(33-24)34-6-8-37-9-7-34)20-11-19(13-29-16(20)2)31-23(36)17-4-3-5-18(10-17)25(26,27)28/h3-5,10-13,15,35H,6-9,14H2,1-2H3,(H,31,36)(H,30,32,33). The summed E-state index contributed by atoms with van der Waals surface area (Å²) in [5.74, 6) is 0.288. The van der Waals surface area contributed by atoms with E-state index in [0.717, 1.165) is 12.1 Å². The normalized spacial score (nSPS) is 14.8. The van der Waals surface area contributed by atoms with Gasteiger partial charge in [0.15, 0.2) is 0 Å². The molecule has 1 aromatic carbocycles. The zero-order valence-corrected chi connectivity index (χ0v) is 20.3. The van der Waals surface area contributed by atoms with Gasteiger partial charge in [-0.25, -0.2) is 4.98 Å². The molecule has 1 fully saturated rings. The average Bonchev–Trinajstić information content (AvgIpc) is 2.89. The molecule has 0 saturated carbocycles. The fraction of sp³-hybridized carbons (Fsp3) is 0.360. The number of halogens is 3. The van der Waals surface area contributed by atoms with Crippen LogP contribution in [0.25, 0.3) is 11.3 Å². The SMILES string of the molecule is Cc1ncc(NC(=O)c2cccc(C(F)(F)F)c2)cc1-c1cc(N2CCOCC2)nc(NC(C)CO)n1. The Balaban J connectivity index is 1.66. The molecule has 2 aromatic heterocycles. The Morgan fingerprint density at radius 1 is 1.19 bits per heavy atom. The van der Waals surface area contributed by atoms with E-state index in [9.17, 15) is 23.1 Å². The molecule has 1 aliphatic heterocycles. The summed E-state index contributed by atoms with van der Waals surface area (Å²) < 4.78 is 44.6. The molecule has 12 heteroatoms. The number of benzene rings is 1. The largest absolute Gasteiger partial charge is 0.416 e. The van der Waals surface area contributed by atoms with Crippen LogP contribution in [0.5, 0.6) is 0 Å². The Bertz CT molecular complexity index is 1260. The van der Waals surface area contributed by atoms with E-state index in [0.29, 0.717) is 60.7 Å². The number of ether oxygens (including phenoxy) is 1. The molecule has 3 heterocycles. The molecule has 1 aliphatic rings.